The molecule has 0 spiro atoms. The number of carbonyl (C=O) groups excluding carboxylic acids is 1. The van der Waals surface area contributed by atoms with Gasteiger partial charge in [-0.15, -0.1) is 0 Å². The number of nitriles is 1. The maximum absolute atomic E-state index is 12.0. The quantitative estimate of drug-likeness (QED) is 0.413. The van der Waals surface area contributed by atoms with Crippen LogP contribution in [0, 0.1) is 11.3 Å². The number of amides is 1. The molecule has 0 aliphatic heterocycles. The molecule has 11 nitrogen and oxygen atoms in total. The van der Waals surface area contributed by atoms with Gasteiger partial charge in [-0.05, 0) is 17.7 Å². The Bertz CT molecular complexity index is 1350. The lowest BCUT2D eigenvalue weighted by Gasteiger charge is -2.10. The molecule has 4 N–H and O–H groups in total. The summed E-state index contributed by atoms with van der Waals surface area (Å²) in [4.78, 5) is 45.0. The van der Waals surface area contributed by atoms with E-state index in [9.17, 15) is 29.5 Å². The predicted molar refractivity (Wildman–Crippen MR) is 108 cm³/mol. The average Bonchev–Trinajstić information content (AvgIpc) is 2.73. The lowest BCUT2D eigenvalue weighted by molar-refractivity contribution is -0.147. The van der Waals surface area contributed by atoms with E-state index in [1.54, 1.807) is 6.07 Å². The van der Waals surface area contributed by atoms with Gasteiger partial charge in [-0.1, -0.05) is 6.07 Å². The molecule has 0 atom stereocenters. The van der Waals surface area contributed by atoms with Crippen LogP contribution in [0.3, 0.4) is 0 Å². The van der Waals surface area contributed by atoms with Crippen molar-refractivity contribution in [3.8, 4) is 17.6 Å². The number of ether oxygens (including phenoxy) is 1. The first kappa shape index (κ1) is 21.8. The Morgan fingerprint density at radius 3 is 2.53 bits per heavy atom. The van der Waals surface area contributed by atoms with Gasteiger partial charge in [0.25, 0.3) is 0 Å². The number of hydrogen-bond acceptors (Lipinski definition) is 8. The number of nitrogens with zero attached hydrogens (tertiary/aromatic N) is 1. The van der Waals surface area contributed by atoms with E-state index in [-0.39, 0.29) is 34.6 Å². The largest absolute Gasteiger partial charge is 0.507 e. The first-order valence-electron chi connectivity index (χ1n) is 8.94. The third-order valence-electron chi connectivity index (χ3n) is 4.30. The topological polar surface area (TPSA) is 187 Å². The number of carbonyl (C=O) groups is 3. The molecule has 0 saturated carbocycles. The number of carboxylic acid groups (broad SMARTS) is 2. The molecule has 0 radical (unpaired) electrons. The third kappa shape index (κ3) is 4.65. The van der Waals surface area contributed by atoms with Gasteiger partial charge in [0.15, 0.2) is 5.43 Å². The van der Waals surface area contributed by atoms with Gasteiger partial charge in [-0.3, -0.25) is 9.59 Å². The molecule has 0 unspecified atom stereocenters. The summed E-state index contributed by atoms with van der Waals surface area (Å²) in [5.41, 5.74) is -0.127. The van der Waals surface area contributed by atoms with Crippen LogP contribution < -0.4 is 15.5 Å². The molecule has 0 aliphatic carbocycles. The van der Waals surface area contributed by atoms with Crippen LogP contribution in [-0.4, -0.2) is 39.8 Å². The van der Waals surface area contributed by atoms with Crippen LogP contribution >= 0.6 is 0 Å². The van der Waals surface area contributed by atoms with Gasteiger partial charge in [-0.2, -0.15) is 5.26 Å². The number of hydrogen-bond donors (Lipinski definition) is 4. The van der Waals surface area contributed by atoms with Crippen LogP contribution in [0.5, 0.6) is 11.5 Å². The second-order valence-electron chi connectivity index (χ2n) is 6.45. The van der Waals surface area contributed by atoms with E-state index in [2.05, 4.69) is 5.32 Å². The number of fused-ring (bicyclic) bond motifs is 1. The Morgan fingerprint density at radius 2 is 1.88 bits per heavy atom. The minimum Gasteiger partial charge on any atom is -0.507 e. The maximum atomic E-state index is 12.0. The zero-order valence-electron chi connectivity index (χ0n) is 16.1. The van der Waals surface area contributed by atoms with Gasteiger partial charge < -0.3 is 29.8 Å². The number of aromatic hydroxyl groups is 1. The summed E-state index contributed by atoms with van der Waals surface area (Å²) in [6.07, 6.45) is 0.291. The molecule has 0 bridgehead atoms. The molecule has 0 saturated heterocycles. The zero-order valence-corrected chi connectivity index (χ0v) is 16.1. The number of phenols is 1. The number of carboxylic acids is 2. The van der Waals surface area contributed by atoms with Gasteiger partial charge >= 0.3 is 17.8 Å². The molecule has 32 heavy (non-hydrogen) atoms. The molecule has 1 heterocycles. The van der Waals surface area contributed by atoms with Crippen molar-refractivity contribution in [2.24, 2.45) is 0 Å². The fourth-order valence-electron chi connectivity index (χ4n) is 2.84. The SMILES string of the molecule is N#Cc1cc(CCOc2cc(O)c3c(=O)cc(C(=O)O)oc3c2)ccc1NC(=O)C(=O)O. The van der Waals surface area contributed by atoms with Crippen LogP contribution in [0.1, 0.15) is 21.7 Å². The van der Waals surface area contributed by atoms with Crippen molar-refractivity contribution >= 4 is 34.5 Å². The Hall–Kier alpha value is -4.85. The fraction of sp³-hybridized carbons (Fsp3) is 0.0952. The van der Waals surface area contributed by atoms with Crippen LogP contribution in [0.4, 0.5) is 5.69 Å². The minimum absolute atomic E-state index is 0.0493. The normalized spacial score (nSPS) is 10.3. The van der Waals surface area contributed by atoms with Crippen molar-refractivity contribution in [1.82, 2.24) is 0 Å². The first-order chi connectivity index (χ1) is 15.2. The second-order valence-corrected chi connectivity index (χ2v) is 6.45. The summed E-state index contributed by atoms with van der Waals surface area (Å²) in [5, 5.41) is 38.9. The smallest absolute Gasteiger partial charge is 0.394 e. The lowest BCUT2D eigenvalue weighted by Crippen LogP contribution is -2.22. The summed E-state index contributed by atoms with van der Waals surface area (Å²) < 4.78 is 10.7. The van der Waals surface area contributed by atoms with Gasteiger partial charge in [-0.25, -0.2) is 9.59 Å². The Morgan fingerprint density at radius 1 is 1.12 bits per heavy atom. The number of aliphatic carboxylic acids is 1. The molecule has 3 rings (SSSR count). The van der Waals surface area contributed by atoms with E-state index in [0.29, 0.717) is 12.0 Å². The number of benzene rings is 2. The van der Waals surface area contributed by atoms with Crippen molar-refractivity contribution in [2.45, 2.75) is 6.42 Å². The molecular weight excluding hydrogens is 424 g/mol. The predicted octanol–water partition coefficient (Wildman–Crippen LogP) is 1.71. The number of nitrogens with one attached hydrogen (secondary N) is 1. The highest BCUT2D eigenvalue weighted by Crippen LogP contribution is 2.29. The molecule has 1 aromatic heterocycles. The van der Waals surface area contributed by atoms with Crippen molar-refractivity contribution in [3.63, 3.8) is 0 Å². The Balaban J connectivity index is 1.75. The number of aromatic carboxylic acids is 1. The summed E-state index contributed by atoms with van der Waals surface area (Å²) >= 11 is 0. The molecule has 11 heteroatoms. The van der Waals surface area contributed by atoms with Crippen molar-refractivity contribution in [2.75, 3.05) is 11.9 Å². The maximum Gasteiger partial charge on any atom is 0.394 e. The van der Waals surface area contributed by atoms with Crippen molar-refractivity contribution in [1.29, 1.82) is 5.26 Å². The van der Waals surface area contributed by atoms with E-state index in [4.69, 9.17) is 19.4 Å². The molecule has 3 aromatic rings. The van der Waals surface area contributed by atoms with Gasteiger partial charge in [0, 0.05) is 24.6 Å². The molecule has 2 aromatic carbocycles. The van der Waals surface area contributed by atoms with E-state index in [1.807, 2.05) is 6.07 Å². The zero-order chi connectivity index (χ0) is 23.4. The number of anilines is 1. The molecular formula is C21H14N2O9. The monoisotopic (exact) mass is 438 g/mol. The van der Waals surface area contributed by atoms with Gasteiger partial charge in [0.2, 0.25) is 5.76 Å². The highest BCUT2D eigenvalue weighted by atomic mass is 16.5. The van der Waals surface area contributed by atoms with Crippen LogP contribution in [0.25, 0.3) is 11.0 Å². The van der Waals surface area contributed by atoms with E-state index >= 15 is 0 Å². The highest BCUT2D eigenvalue weighted by Gasteiger charge is 2.16. The first-order valence-corrected chi connectivity index (χ1v) is 8.94. The fourth-order valence-corrected chi connectivity index (χ4v) is 2.84. The Labute approximate surface area is 178 Å². The molecule has 162 valence electrons. The van der Waals surface area contributed by atoms with E-state index in [0.717, 1.165) is 6.07 Å². The third-order valence-corrected chi connectivity index (χ3v) is 4.30. The van der Waals surface area contributed by atoms with Crippen molar-refractivity contribution in [3.05, 3.63) is 63.5 Å². The standard InChI is InChI=1S/C21H14N2O9/c22-9-11-5-10(1-2-13(11)23-19(26)21(29)30)3-4-31-12-6-14(24)18-15(25)8-17(20(27)28)32-16(18)7-12/h1-2,5-8,24H,3-4H2,(H,23,26)(H,27,28)(H,29,30). The van der Waals surface area contributed by atoms with E-state index < -0.39 is 34.8 Å². The lowest BCUT2D eigenvalue weighted by atomic mass is 10.1. The van der Waals surface area contributed by atoms with Gasteiger partial charge in [0.1, 0.15) is 28.5 Å². The molecule has 1 amide bonds. The Kier molecular flexibility index (Phi) is 6.07. The number of phenolic OH excluding ortho intramolecular Hbond substituents is 1. The van der Waals surface area contributed by atoms with E-state index in [1.165, 1.54) is 24.3 Å². The summed E-state index contributed by atoms with van der Waals surface area (Å²) in [6.45, 7) is 0.0689. The minimum atomic E-state index is -1.68. The highest BCUT2D eigenvalue weighted by molar-refractivity contribution is 6.36. The average molecular weight is 438 g/mol. The van der Waals surface area contributed by atoms with Crippen LogP contribution in [-0.2, 0) is 16.0 Å². The van der Waals surface area contributed by atoms with Gasteiger partial charge in [0.05, 0.1) is 17.9 Å². The molecule has 0 aliphatic rings. The summed E-state index contributed by atoms with van der Waals surface area (Å²) in [6, 6.07) is 9.50. The van der Waals surface area contributed by atoms with Crippen LogP contribution in [0.2, 0.25) is 0 Å². The summed E-state index contributed by atoms with van der Waals surface area (Å²) in [5.74, 6) is -5.30. The second kappa shape index (κ2) is 8.88. The van der Waals surface area contributed by atoms with Crippen LogP contribution in [0.15, 0.2) is 45.6 Å². The number of rotatable bonds is 6. The van der Waals surface area contributed by atoms with Crippen molar-refractivity contribution < 1.29 is 38.9 Å². The summed E-state index contributed by atoms with van der Waals surface area (Å²) in [7, 11) is 0. The molecule has 0 fully saturated rings.